The number of nitrogens with zero attached hydrogens (tertiary/aromatic N) is 3. The van der Waals surface area contributed by atoms with Gasteiger partial charge in [-0.2, -0.15) is 0 Å². The minimum atomic E-state index is -0.805. The number of hydrogen-bond acceptors (Lipinski definition) is 5. The zero-order valence-corrected chi connectivity index (χ0v) is 9.41. The van der Waals surface area contributed by atoms with Gasteiger partial charge < -0.3 is 5.32 Å². The second-order valence-corrected chi connectivity index (χ2v) is 3.50. The van der Waals surface area contributed by atoms with Gasteiger partial charge in [0.15, 0.2) is 0 Å². The van der Waals surface area contributed by atoms with Gasteiger partial charge in [-0.15, -0.1) is 0 Å². The summed E-state index contributed by atoms with van der Waals surface area (Å²) in [6, 6.07) is 2.66. The van der Waals surface area contributed by atoms with E-state index in [0.29, 0.717) is 0 Å². The Kier molecular flexibility index (Phi) is 3.42. The molecule has 2 aromatic rings. The molecular formula is C11H7FN4O3. The number of carbonyl (C=O) groups is 1. The fraction of sp³-hybridized carbons (Fsp3) is 0. The molecule has 1 N–H and O–H groups in total. The van der Waals surface area contributed by atoms with Crippen molar-refractivity contribution in [3.8, 4) is 0 Å². The third kappa shape index (κ3) is 2.86. The summed E-state index contributed by atoms with van der Waals surface area (Å²) < 4.78 is 13.1. The Bertz CT molecular complexity index is 633. The van der Waals surface area contributed by atoms with E-state index in [-0.39, 0.29) is 11.3 Å². The SMILES string of the molecule is O=C(Nc1cncnc1)c1cc(F)ccc1[N+](=O)[O-]. The number of carbonyl (C=O) groups excluding carboxylic acids is 1. The van der Waals surface area contributed by atoms with Gasteiger partial charge in [-0.3, -0.25) is 14.9 Å². The molecule has 96 valence electrons. The first-order chi connectivity index (χ1) is 9.08. The van der Waals surface area contributed by atoms with E-state index >= 15 is 0 Å². The van der Waals surface area contributed by atoms with E-state index in [2.05, 4.69) is 15.3 Å². The van der Waals surface area contributed by atoms with Crippen LogP contribution in [0.1, 0.15) is 10.4 Å². The van der Waals surface area contributed by atoms with Gasteiger partial charge in [0.1, 0.15) is 17.7 Å². The highest BCUT2D eigenvalue weighted by atomic mass is 19.1. The lowest BCUT2D eigenvalue weighted by Crippen LogP contribution is -2.14. The second-order valence-electron chi connectivity index (χ2n) is 3.50. The van der Waals surface area contributed by atoms with Crippen molar-refractivity contribution in [3.05, 3.63) is 58.4 Å². The standard InChI is InChI=1S/C11H7FN4O3/c12-7-1-2-10(16(18)19)9(3-7)11(17)15-8-4-13-6-14-5-8/h1-6H,(H,15,17). The zero-order valence-electron chi connectivity index (χ0n) is 9.41. The van der Waals surface area contributed by atoms with Crippen molar-refractivity contribution in [1.29, 1.82) is 0 Å². The summed E-state index contributed by atoms with van der Waals surface area (Å²) in [6.07, 6.45) is 3.90. The van der Waals surface area contributed by atoms with Crippen LogP contribution in [0.15, 0.2) is 36.9 Å². The lowest BCUT2D eigenvalue weighted by Gasteiger charge is -2.04. The summed E-state index contributed by atoms with van der Waals surface area (Å²) in [7, 11) is 0. The molecule has 0 aliphatic rings. The van der Waals surface area contributed by atoms with Crippen LogP contribution in [0.4, 0.5) is 15.8 Å². The molecule has 0 radical (unpaired) electrons. The Hall–Kier alpha value is -2.90. The molecular weight excluding hydrogens is 255 g/mol. The fourth-order valence-corrected chi connectivity index (χ4v) is 1.41. The van der Waals surface area contributed by atoms with Gasteiger partial charge in [-0.25, -0.2) is 14.4 Å². The fourth-order valence-electron chi connectivity index (χ4n) is 1.41. The van der Waals surface area contributed by atoms with Crippen LogP contribution in [0.3, 0.4) is 0 Å². The number of hydrogen-bond donors (Lipinski definition) is 1. The molecule has 7 nitrogen and oxygen atoms in total. The zero-order chi connectivity index (χ0) is 13.8. The number of benzene rings is 1. The first kappa shape index (κ1) is 12.6. The molecule has 0 fully saturated rings. The van der Waals surface area contributed by atoms with E-state index in [1.54, 1.807) is 0 Å². The van der Waals surface area contributed by atoms with Gasteiger partial charge in [0.2, 0.25) is 0 Å². The lowest BCUT2D eigenvalue weighted by molar-refractivity contribution is -0.385. The van der Waals surface area contributed by atoms with E-state index < -0.39 is 22.3 Å². The summed E-state index contributed by atoms with van der Waals surface area (Å²) >= 11 is 0. The Labute approximate surface area is 106 Å². The molecule has 0 aliphatic carbocycles. The highest BCUT2D eigenvalue weighted by Crippen LogP contribution is 2.20. The number of nitro benzene ring substituents is 1. The van der Waals surface area contributed by atoms with Crippen molar-refractivity contribution in [2.45, 2.75) is 0 Å². The van der Waals surface area contributed by atoms with Gasteiger partial charge in [-0.05, 0) is 12.1 Å². The lowest BCUT2D eigenvalue weighted by atomic mass is 10.1. The van der Waals surface area contributed by atoms with E-state index in [9.17, 15) is 19.3 Å². The maximum Gasteiger partial charge on any atom is 0.282 e. The number of rotatable bonds is 3. The quantitative estimate of drug-likeness (QED) is 0.671. The third-order valence-corrected chi connectivity index (χ3v) is 2.22. The minimum absolute atomic E-state index is 0.256. The molecule has 1 amide bonds. The van der Waals surface area contributed by atoms with Crippen molar-refractivity contribution >= 4 is 17.3 Å². The Morgan fingerprint density at radius 2 is 2.00 bits per heavy atom. The molecule has 0 atom stereocenters. The van der Waals surface area contributed by atoms with Gasteiger partial charge >= 0.3 is 0 Å². The van der Waals surface area contributed by atoms with Crippen LogP contribution in [0.5, 0.6) is 0 Å². The van der Waals surface area contributed by atoms with Crippen LogP contribution in [0, 0.1) is 15.9 Å². The van der Waals surface area contributed by atoms with Crippen molar-refractivity contribution in [2.24, 2.45) is 0 Å². The Morgan fingerprint density at radius 3 is 2.63 bits per heavy atom. The number of anilines is 1. The van der Waals surface area contributed by atoms with Gasteiger partial charge in [0.25, 0.3) is 11.6 Å². The minimum Gasteiger partial charge on any atom is -0.319 e. The highest BCUT2D eigenvalue weighted by Gasteiger charge is 2.21. The maximum absolute atomic E-state index is 13.1. The van der Waals surface area contributed by atoms with Crippen molar-refractivity contribution in [1.82, 2.24) is 9.97 Å². The predicted molar refractivity (Wildman–Crippen MR) is 63.0 cm³/mol. The number of halogens is 1. The molecule has 1 aromatic heterocycles. The highest BCUT2D eigenvalue weighted by molar-refractivity contribution is 6.06. The predicted octanol–water partition coefficient (Wildman–Crippen LogP) is 1.78. The van der Waals surface area contributed by atoms with Crippen molar-refractivity contribution in [3.63, 3.8) is 0 Å². The molecule has 0 spiro atoms. The molecule has 1 heterocycles. The molecule has 0 saturated carbocycles. The van der Waals surface area contributed by atoms with Crippen LogP contribution in [0.2, 0.25) is 0 Å². The van der Waals surface area contributed by atoms with Crippen molar-refractivity contribution < 1.29 is 14.1 Å². The van der Waals surface area contributed by atoms with Crippen LogP contribution < -0.4 is 5.32 Å². The van der Waals surface area contributed by atoms with Gasteiger partial charge in [0, 0.05) is 6.07 Å². The average molecular weight is 262 g/mol. The van der Waals surface area contributed by atoms with E-state index in [4.69, 9.17) is 0 Å². The summed E-state index contributed by atoms with van der Waals surface area (Å²) in [4.78, 5) is 29.2. The molecule has 0 aliphatic heterocycles. The van der Waals surface area contributed by atoms with Crippen LogP contribution in [0.25, 0.3) is 0 Å². The largest absolute Gasteiger partial charge is 0.319 e. The topological polar surface area (TPSA) is 98.0 Å². The van der Waals surface area contributed by atoms with Crippen LogP contribution >= 0.6 is 0 Å². The second kappa shape index (κ2) is 5.17. The normalized spacial score (nSPS) is 9.95. The number of aromatic nitrogens is 2. The molecule has 0 unspecified atom stereocenters. The maximum atomic E-state index is 13.1. The van der Waals surface area contributed by atoms with Gasteiger partial charge in [0.05, 0.1) is 23.0 Å². The molecule has 0 saturated heterocycles. The molecule has 8 heteroatoms. The molecule has 1 aromatic carbocycles. The molecule has 0 bridgehead atoms. The summed E-state index contributed by atoms with van der Waals surface area (Å²) in [5, 5.41) is 13.1. The molecule has 19 heavy (non-hydrogen) atoms. The van der Waals surface area contributed by atoms with Crippen LogP contribution in [-0.4, -0.2) is 20.8 Å². The average Bonchev–Trinajstić information content (AvgIpc) is 2.39. The molecule has 2 rings (SSSR count). The van der Waals surface area contributed by atoms with Gasteiger partial charge in [-0.1, -0.05) is 0 Å². The monoisotopic (exact) mass is 262 g/mol. The summed E-state index contributed by atoms with van der Waals surface area (Å²) in [6.45, 7) is 0. The Morgan fingerprint density at radius 1 is 1.32 bits per heavy atom. The van der Waals surface area contributed by atoms with E-state index in [1.807, 2.05) is 0 Å². The van der Waals surface area contributed by atoms with E-state index in [0.717, 1.165) is 18.2 Å². The Balaban J connectivity index is 2.33. The smallest absolute Gasteiger partial charge is 0.282 e. The number of amides is 1. The summed E-state index contributed by atoms with van der Waals surface area (Å²) in [5.41, 5.74) is -0.587. The number of nitrogens with one attached hydrogen (secondary N) is 1. The van der Waals surface area contributed by atoms with E-state index in [1.165, 1.54) is 18.7 Å². The first-order valence-electron chi connectivity index (χ1n) is 5.08. The van der Waals surface area contributed by atoms with Crippen LogP contribution in [-0.2, 0) is 0 Å². The summed E-state index contributed by atoms with van der Waals surface area (Å²) in [5.74, 6) is -1.54. The first-order valence-corrected chi connectivity index (χ1v) is 5.08. The third-order valence-electron chi connectivity index (χ3n) is 2.22. The number of nitro groups is 1. The van der Waals surface area contributed by atoms with Crippen molar-refractivity contribution in [2.75, 3.05) is 5.32 Å².